The van der Waals surface area contributed by atoms with Gasteiger partial charge in [0.2, 0.25) is 0 Å². The monoisotopic (exact) mass is 198 g/mol. The van der Waals surface area contributed by atoms with Gasteiger partial charge in [-0.15, -0.1) is 0 Å². The minimum atomic E-state index is 0.337. The van der Waals surface area contributed by atoms with E-state index in [9.17, 15) is 4.79 Å². The molecule has 2 atom stereocenters. The van der Waals surface area contributed by atoms with Crippen molar-refractivity contribution in [3.8, 4) is 0 Å². The van der Waals surface area contributed by atoms with E-state index in [1.807, 2.05) is 0 Å². The third kappa shape index (κ3) is 3.41. The van der Waals surface area contributed by atoms with Crippen LogP contribution in [0.4, 0.5) is 0 Å². The fourth-order valence-corrected chi connectivity index (χ4v) is 2.36. The molecule has 1 aliphatic rings. The molecule has 2 heteroatoms. The number of rotatable bonds is 5. The van der Waals surface area contributed by atoms with Crippen LogP contribution in [-0.4, -0.2) is 19.5 Å². The molecule has 0 aromatic rings. The molecule has 0 radical (unpaired) electrons. The van der Waals surface area contributed by atoms with E-state index < -0.39 is 0 Å². The van der Waals surface area contributed by atoms with Crippen LogP contribution in [0.5, 0.6) is 0 Å². The maximum absolute atomic E-state index is 11.7. The van der Waals surface area contributed by atoms with E-state index in [1.54, 1.807) is 7.11 Å². The number of ketones is 1. The van der Waals surface area contributed by atoms with Crippen molar-refractivity contribution in [1.29, 1.82) is 0 Å². The predicted octanol–water partition coefficient (Wildman–Crippen LogP) is 2.81. The number of carbonyl (C=O) groups excluding carboxylic acids is 1. The molecule has 1 rings (SSSR count). The van der Waals surface area contributed by atoms with Gasteiger partial charge in [0.05, 0.1) is 6.61 Å². The van der Waals surface area contributed by atoms with E-state index in [-0.39, 0.29) is 0 Å². The second-order valence-corrected chi connectivity index (χ2v) is 4.35. The van der Waals surface area contributed by atoms with Crippen molar-refractivity contribution in [2.45, 2.75) is 45.4 Å². The summed E-state index contributed by atoms with van der Waals surface area (Å²) in [7, 11) is 1.66. The molecule has 0 aromatic carbocycles. The molecule has 0 spiro atoms. The van der Waals surface area contributed by atoms with Crippen molar-refractivity contribution in [2.24, 2.45) is 11.8 Å². The number of carbonyl (C=O) groups is 1. The first-order valence-corrected chi connectivity index (χ1v) is 5.79. The van der Waals surface area contributed by atoms with Crippen LogP contribution in [0.1, 0.15) is 45.4 Å². The summed E-state index contributed by atoms with van der Waals surface area (Å²) < 4.78 is 4.94. The minimum absolute atomic E-state index is 0.337. The van der Waals surface area contributed by atoms with Gasteiger partial charge in [-0.05, 0) is 18.8 Å². The van der Waals surface area contributed by atoms with Gasteiger partial charge in [-0.2, -0.15) is 0 Å². The Labute approximate surface area is 87.0 Å². The third-order valence-corrected chi connectivity index (χ3v) is 3.37. The Morgan fingerprint density at radius 1 is 1.43 bits per heavy atom. The normalized spacial score (nSPS) is 27.6. The summed E-state index contributed by atoms with van der Waals surface area (Å²) in [5.74, 6) is 1.55. The van der Waals surface area contributed by atoms with Gasteiger partial charge >= 0.3 is 0 Å². The molecule has 82 valence electrons. The molecular weight excluding hydrogens is 176 g/mol. The molecule has 0 amide bonds. The average molecular weight is 198 g/mol. The van der Waals surface area contributed by atoms with Crippen LogP contribution in [0.15, 0.2) is 0 Å². The molecular formula is C12H22O2. The Morgan fingerprint density at radius 3 is 2.86 bits per heavy atom. The molecule has 0 N–H and O–H groups in total. The second-order valence-electron chi connectivity index (χ2n) is 4.35. The lowest BCUT2D eigenvalue weighted by Crippen LogP contribution is -2.23. The molecule has 2 nitrogen and oxygen atoms in total. The van der Waals surface area contributed by atoms with Crippen molar-refractivity contribution < 1.29 is 9.53 Å². The number of ether oxygens (including phenoxy) is 1. The predicted molar refractivity (Wildman–Crippen MR) is 57.2 cm³/mol. The number of hydrogen-bond acceptors (Lipinski definition) is 2. The molecule has 0 bridgehead atoms. The molecule has 0 aliphatic heterocycles. The maximum Gasteiger partial charge on any atom is 0.138 e. The van der Waals surface area contributed by atoms with Crippen LogP contribution in [-0.2, 0) is 9.53 Å². The molecule has 1 aliphatic carbocycles. The third-order valence-electron chi connectivity index (χ3n) is 3.37. The largest absolute Gasteiger partial charge is 0.384 e. The van der Waals surface area contributed by atoms with Crippen LogP contribution in [0, 0.1) is 11.8 Å². The molecule has 0 saturated heterocycles. The van der Waals surface area contributed by atoms with Crippen molar-refractivity contribution in [1.82, 2.24) is 0 Å². The Hall–Kier alpha value is -0.370. The van der Waals surface area contributed by atoms with Crippen LogP contribution in [0.2, 0.25) is 0 Å². The highest BCUT2D eigenvalue weighted by molar-refractivity contribution is 5.81. The Kier molecular flexibility index (Phi) is 5.16. The summed E-state index contributed by atoms with van der Waals surface area (Å²) in [6.45, 7) is 2.82. The topological polar surface area (TPSA) is 26.3 Å². The lowest BCUT2D eigenvalue weighted by atomic mass is 9.78. The van der Waals surface area contributed by atoms with Gasteiger partial charge in [0.25, 0.3) is 0 Å². The lowest BCUT2D eigenvalue weighted by molar-refractivity contribution is -0.125. The fraction of sp³-hybridized carbons (Fsp3) is 0.917. The number of hydrogen-bond donors (Lipinski definition) is 0. The summed E-state index contributed by atoms with van der Waals surface area (Å²) >= 11 is 0. The van der Waals surface area contributed by atoms with Gasteiger partial charge in [0, 0.05) is 19.4 Å². The zero-order valence-electron chi connectivity index (χ0n) is 9.42. The van der Waals surface area contributed by atoms with E-state index in [4.69, 9.17) is 4.74 Å². The van der Waals surface area contributed by atoms with Crippen LogP contribution in [0.25, 0.3) is 0 Å². The van der Waals surface area contributed by atoms with E-state index in [0.29, 0.717) is 24.7 Å². The van der Waals surface area contributed by atoms with Crippen molar-refractivity contribution in [2.75, 3.05) is 13.7 Å². The van der Waals surface area contributed by atoms with E-state index in [2.05, 4.69) is 6.92 Å². The quantitative estimate of drug-likeness (QED) is 0.679. The number of Topliss-reactive ketones (excluding diaryl/α,β-unsaturated/α-hetero) is 1. The number of methoxy groups -OCH3 is 1. The van der Waals surface area contributed by atoms with Gasteiger partial charge in [0.15, 0.2) is 0 Å². The Morgan fingerprint density at radius 2 is 2.21 bits per heavy atom. The minimum Gasteiger partial charge on any atom is -0.384 e. The SMILES string of the molecule is CCC1CCCC(C(=O)CCOC)C1. The van der Waals surface area contributed by atoms with Crippen molar-refractivity contribution >= 4 is 5.78 Å². The second kappa shape index (κ2) is 6.18. The van der Waals surface area contributed by atoms with Crippen LogP contribution < -0.4 is 0 Å². The first-order valence-electron chi connectivity index (χ1n) is 5.79. The average Bonchev–Trinajstić information content (AvgIpc) is 2.26. The van der Waals surface area contributed by atoms with Gasteiger partial charge in [0.1, 0.15) is 5.78 Å². The molecule has 0 aromatic heterocycles. The van der Waals surface area contributed by atoms with E-state index in [0.717, 1.165) is 18.8 Å². The summed E-state index contributed by atoms with van der Waals surface area (Å²) in [5, 5.41) is 0. The molecule has 1 saturated carbocycles. The first-order chi connectivity index (χ1) is 6.77. The van der Waals surface area contributed by atoms with Gasteiger partial charge in [-0.3, -0.25) is 4.79 Å². The molecule has 1 fully saturated rings. The summed E-state index contributed by atoms with van der Waals surface area (Å²) in [5.41, 5.74) is 0. The van der Waals surface area contributed by atoms with Crippen LogP contribution in [0.3, 0.4) is 0 Å². The van der Waals surface area contributed by atoms with Gasteiger partial charge in [-0.1, -0.05) is 26.2 Å². The van der Waals surface area contributed by atoms with Crippen LogP contribution >= 0.6 is 0 Å². The van der Waals surface area contributed by atoms with E-state index >= 15 is 0 Å². The van der Waals surface area contributed by atoms with E-state index in [1.165, 1.54) is 19.3 Å². The fourth-order valence-electron chi connectivity index (χ4n) is 2.36. The maximum atomic E-state index is 11.7. The summed E-state index contributed by atoms with van der Waals surface area (Å²) in [6, 6.07) is 0. The lowest BCUT2D eigenvalue weighted by Gasteiger charge is -2.27. The summed E-state index contributed by atoms with van der Waals surface area (Å²) in [4.78, 5) is 11.7. The van der Waals surface area contributed by atoms with Gasteiger partial charge in [-0.25, -0.2) is 0 Å². The smallest absolute Gasteiger partial charge is 0.138 e. The highest BCUT2D eigenvalue weighted by atomic mass is 16.5. The van der Waals surface area contributed by atoms with Gasteiger partial charge < -0.3 is 4.74 Å². The molecule has 14 heavy (non-hydrogen) atoms. The highest BCUT2D eigenvalue weighted by Crippen LogP contribution is 2.31. The Balaban J connectivity index is 2.31. The summed E-state index contributed by atoms with van der Waals surface area (Å²) in [6.07, 6.45) is 6.64. The highest BCUT2D eigenvalue weighted by Gasteiger charge is 2.25. The standard InChI is InChI=1S/C12H22O2/c1-3-10-5-4-6-11(9-10)12(13)7-8-14-2/h10-11H,3-9H2,1-2H3. The van der Waals surface area contributed by atoms with Crippen molar-refractivity contribution in [3.63, 3.8) is 0 Å². The zero-order valence-corrected chi connectivity index (χ0v) is 9.42. The Bertz CT molecular complexity index is 177. The van der Waals surface area contributed by atoms with Crippen molar-refractivity contribution in [3.05, 3.63) is 0 Å². The molecule has 2 unspecified atom stereocenters. The first kappa shape index (κ1) is 11.7. The zero-order chi connectivity index (χ0) is 10.4. The molecule has 0 heterocycles.